The number of fused-ring (bicyclic) bond motifs is 1. The van der Waals surface area contributed by atoms with Gasteiger partial charge in [0.2, 0.25) is 0 Å². The van der Waals surface area contributed by atoms with E-state index in [0.29, 0.717) is 18.3 Å². The Morgan fingerprint density at radius 3 is 2.28 bits per heavy atom. The van der Waals surface area contributed by atoms with Crippen LogP contribution < -0.4 is 4.74 Å². The van der Waals surface area contributed by atoms with Gasteiger partial charge in [0.25, 0.3) is 0 Å². The molecule has 2 heteroatoms. The number of hydrogen-bond acceptors (Lipinski definition) is 1. The van der Waals surface area contributed by atoms with Crippen LogP contribution in [0.5, 0.6) is 5.75 Å². The number of ether oxygens (including phenoxy) is 1. The zero-order chi connectivity index (χ0) is 20.2. The molecule has 4 atom stereocenters. The molecule has 3 aliphatic rings. The number of benzene rings is 1. The largest absolute Gasteiger partial charge is 0.489 e. The second-order valence-corrected chi connectivity index (χ2v) is 10.2. The van der Waals surface area contributed by atoms with Gasteiger partial charge in [-0.3, -0.25) is 0 Å². The molecule has 4 unspecified atom stereocenters. The molecule has 0 aliphatic heterocycles. The van der Waals surface area contributed by atoms with Crippen molar-refractivity contribution in [2.24, 2.45) is 29.6 Å². The van der Waals surface area contributed by atoms with Gasteiger partial charge in [-0.05, 0) is 112 Å². The molecule has 0 amide bonds. The zero-order valence-corrected chi connectivity index (χ0v) is 18.4. The first-order valence-corrected chi connectivity index (χ1v) is 12.2. The lowest BCUT2D eigenvalue weighted by Crippen LogP contribution is -2.34. The number of allylic oxidation sites excluding steroid dienone is 1. The van der Waals surface area contributed by atoms with Gasteiger partial charge in [-0.15, -0.1) is 0 Å². The fraction of sp³-hybridized carbons (Fsp3) is 0.704. The second kappa shape index (κ2) is 9.67. The van der Waals surface area contributed by atoms with Crippen molar-refractivity contribution in [3.8, 4) is 5.75 Å². The van der Waals surface area contributed by atoms with Crippen molar-refractivity contribution < 1.29 is 9.13 Å². The van der Waals surface area contributed by atoms with Gasteiger partial charge >= 0.3 is 0 Å². The average Bonchev–Trinajstić information content (AvgIpc) is 2.74. The van der Waals surface area contributed by atoms with Crippen LogP contribution in [0.4, 0.5) is 4.39 Å². The van der Waals surface area contributed by atoms with Gasteiger partial charge in [0, 0.05) is 6.07 Å². The van der Waals surface area contributed by atoms with Gasteiger partial charge in [-0.2, -0.15) is 0 Å². The predicted molar refractivity (Wildman–Crippen MR) is 119 cm³/mol. The Bertz CT molecular complexity index is 688. The molecule has 0 bridgehead atoms. The monoisotopic (exact) mass is 398 g/mol. The third-order valence-corrected chi connectivity index (χ3v) is 8.35. The standard InChI is InChI=1S/C27H39FO/c1-3-4-15-29-25-13-14-26(27(28)18-25)21-9-7-20(8-10-21)23-12-11-22-16-19(2)5-6-24(22)17-23/h3-4,13-14,18-24H,5-12,15-17H2,1-2H3/b4-3+. The summed E-state index contributed by atoms with van der Waals surface area (Å²) in [6, 6.07) is 5.50. The molecule has 29 heavy (non-hydrogen) atoms. The first-order valence-electron chi connectivity index (χ1n) is 12.2. The first-order chi connectivity index (χ1) is 14.1. The third kappa shape index (κ3) is 5.06. The van der Waals surface area contributed by atoms with Crippen LogP contribution in [0.2, 0.25) is 0 Å². The number of rotatable bonds is 5. The summed E-state index contributed by atoms with van der Waals surface area (Å²) in [5, 5.41) is 0. The number of halogens is 1. The Balaban J connectivity index is 1.29. The van der Waals surface area contributed by atoms with Crippen LogP contribution in [-0.2, 0) is 0 Å². The van der Waals surface area contributed by atoms with E-state index in [9.17, 15) is 4.39 Å². The summed E-state index contributed by atoms with van der Waals surface area (Å²) in [5.41, 5.74) is 0.909. The highest BCUT2D eigenvalue weighted by Crippen LogP contribution is 2.50. The van der Waals surface area contributed by atoms with Gasteiger partial charge in [0.05, 0.1) is 0 Å². The molecule has 1 nitrogen and oxygen atoms in total. The van der Waals surface area contributed by atoms with Crippen LogP contribution in [0.1, 0.15) is 89.5 Å². The van der Waals surface area contributed by atoms with E-state index < -0.39 is 0 Å². The van der Waals surface area contributed by atoms with E-state index in [0.717, 1.165) is 48.0 Å². The van der Waals surface area contributed by atoms with Crippen LogP contribution in [-0.4, -0.2) is 6.61 Å². The quantitative estimate of drug-likeness (QED) is 0.458. The lowest BCUT2D eigenvalue weighted by molar-refractivity contribution is 0.0671. The van der Waals surface area contributed by atoms with Crippen LogP contribution in [0.15, 0.2) is 30.4 Å². The lowest BCUT2D eigenvalue weighted by Gasteiger charge is -2.45. The van der Waals surface area contributed by atoms with Crippen LogP contribution in [0, 0.1) is 35.4 Å². The number of hydrogen-bond donors (Lipinski definition) is 0. The van der Waals surface area contributed by atoms with Crippen molar-refractivity contribution in [1.82, 2.24) is 0 Å². The van der Waals surface area contributed by atoms with Crippen molar-refractivity contribution in [3.63, 3.8) is 0 Å². The van der Waals surface area contributed by atoms with E-state index in [-0.39, 0.29) is 5.82 Å². The molecule has 0 heterocycles. The Kier molecular flexibility index (Phi) is 6.98. The minimum Gasteiger partial charge on any atom is -0.489 e. The summed E-state index contributed by atoms with van der Waals surface area (Å²) < 4.78 is 20.3. The predicted octanol–water partition coefficient (Wildman–Crippen LogP) is 7.91. The molecule has 0 aromatic heterocycles. The van der Waals surface area contributed by atoms with E-state index in [1.807, 2.05) is 31.2 Å². The summed E-state index contributed by atoms with van der Waals surface area (Å²) in [7, 11) is 0. The first kappa shape index (κ1) is 20.9. The van der Waals surface area contributed by atoms with E-state index >= 15 is 0 Å². The molecular weight excluding hydrogens is 359 g/mol. The second-order valence-electron chi connectivity index (χ2n) is 10.2. The molecule has 1 aromatic carbocycles. The maximum absolute atomic E-state index is 14.7. The molecule has 3 aliphatic carbocycles. The highest BCUT2D eigenvalue weighted by molar-refractivity contribution is 5.31. The fourth-order valence-electron chi connectivity index (χ4n) is 6.66. The molecule has 0 radical (unpaired) electrons. The topological polar surface area (TPSA) is 9.23 Å². The smallest absolute Gasteiger partial charge is 0.130 e. The SMILES string of the molecule is C/C=C/COc1ccc(C2CCC(C3CCC4CC(C)CCC4C3)CC2)c(F)c1. The Hall–Kier alpha value is -1.31. The molecule has 0 saturated heterocycles. The van der Waals surface area contributed by atoms with Crippen LogP contribution in [0.3, 0.4) is 0 Å². The molecule has 3 fully saturated rings. The van der Waals surface area contributed by atoms with E-state index in [4.69, 9.17) is 4.74 Å². The molecule has 4 rings (SSSR count). The van der Waals surface area contributed by atoms with Crippen molar-refractivity contribution >= 4 is 0 Å². The summed E-state index contributed by atoms with van der Waals surface area (Å²) in [6.07, 6.45) is 17.6. The Morgan fingerprint density at radius 1 is 0.897 bits per heavy atom. The average molecular weight is 399 g/mol. The van der Waals surface area contributed by atoms with Crippen molar-refractivity contribution in [2.45, 2.75) is 84.0 Å². The van der Waals surface area contributed by atoms with E-state index in [1.165, 1.54) is 51.4 Å². The maximum Gasteiger partial charge on any atom is 0.130 e. The van der Waals surface area contributed by atoms with Crippen LogP contribution >= 0.6 is 0 Å². The van der Waals surface area contributed by atoms with Gasteiger partial charge in [-0.1, -0.05) is 31.6 Å². The Labute approximate surface area is 177 Å². The van der Waals surface area contributed by atoms with Gasteiger partial charge in [-0.25, -0.2) is 4.39 Å². The summed E-state index contributed by atoms with van der Waals surface area (Å²) in [6.45, 7) is 4.91. The molecule has 1 aromatic rings. The summed E-state index contributed by atoms with van der Waals surface area (Å²) in [4.78, 5) is 0. The lowest BCUT2D eigenvalue weighted by atomic mass is 9.61. The minimum absolute atomic E-state index is 0.0803. The normalized spacial score (nSPS) is 35.4. The maximum atomic E-state index is 14.7. The van der Waals surface area contributed by atoms with E-state index in [2.05, 4.69) is 6.92 Å². The minimum atomic E-state index is -0.0803. The van der Waals surface area contributed by atoms with Gasteiger partial charge in [0.1, 0.15) is 18.2 Å². The highest BCUT2D eigenvalue weighted by atomic mass is 19.1. The van der Waals surface area contributed by atoms with Gasteiger partial charge < -0.3 is 4.74 Å². The van der Waals surface area contributed by atoms with Crippen molar-refractivity contribution in [2.75, 3.05) is 6.61 Å². The third-order valence-electron chi connectivity index (χ3n) is 8.35. The van der Waals surface area contributed by atoms with E-state index in [1.54, 1.807) is 6.07 Å². The van der Waals surface area contributed by atoms with Crippen LogP contribution in [0.25, 0.3) is 0 Å². The summed E-state index contributed by atoms with van der Waals surface area (Å²) >= 11 is 0. The molecular formula is C27H39FO. The summed E-state index contributed by atoms with van der Waals surface area (Å²) in [5.74, 6) is 5.76. The molecule has 3 saturated carbocycles. The molecule has 0 spiro atoms. The molecule has 160 valence electrons. The van der Waals surface area contributed by atoms with Crippen molar-refractivity contribution in [3.05, 3.63) is 41.7 Å². The molecule has 0 N–H and O–H groups in total. The van der Waals surface area contributed by atoms with Gasteiger partial charge in [0.15, 0.2) is 0 Å². The van der Waals surface area contributed by atoms with Crippen molar-refractivity contribution in [1.29, 1.82) is 0 Å². The zero-order valence-electron chi connectivity index (χ0n) is 18.4. The fourth-order valence-corrected chi connectivity index (χ4v) is 6.66. The highest BCUT2D eigenvalue weighted by Gasteiger charge is 2.38. The Morgan fingerprint density at radius 2 is 1.55 bits per heavy atom.